The molecule has 16 heavy (non-hydrogen) atoms. The highest BCUT2D eigenvalue weighted by molar-refractivity contribution is 6.34. The summed E-state index contributed by atoms with van der Waals surface area (Å²) >= 11 is 6.13. The van der Waals surface area contributed by atoms with Crippen LogP contribution in [0.2, 0.25) is 5.02 Å². The largest absolute Gasteiger partial charge is 0.351 e. The second kappa shape index (κ2) is 4.28. The monoisotopic (exact) mass is 236 g/mol. The van der Waals surface area contributed by atoms with E-state index in [1.165, 1.54) is 0 Å². The van der Waals surface area contributed by atoms with Crippen LogP contribution < -0.4 is 10.6 Å². The third-order valence-electron chi connectivity index (χ3n) is 3.08. The number of hydrogen-bond acceptors (Lipinski definition) is 4. The van der Waals surface area contributed by atoms with E-state index in [4.69, 9.17) is 22.6 Å². The molecule has 5 heteroatoms. The highest BCUT2D eigenvalue weighted by Gasteiger charge is 2.30. The van der Waals surface area contributed by atoms with Crippen LogP contribution in [-0.4, -0.2) is 23.6 Å². The Balaban J connectivity index is 2.39. The Hall–Kier alpha value is -1.31. The van der Waals surface area contributed by atoms with Crippen molar-refractivity contribution in [3.05, 3.63) is 22.8 Å². The number of rotatable bonds is 1. The molecular formula is C11H13ClN4. The van der Waals surface area contributed by atoms with E-state index in [0.717, 1.165) is 13.0 Å². The lowest BCUT2D eigenvalue weighted by Crippen LogP contribution is -2.37. The third kappa shape index (κ3) is 1.73. The molecule has 2 heterocycles. The van der Waals surface area contributed by atoms with Gasteiger partial charge >= 0.3 is 0 Å². The van der Waals surface area contributed by atoms with Crippen molar-refractivity contribution < 1.29 is 0 Å². The molecule has 0 spiro atoms. The zero-order valence-corrected chi connectivity index (χ0v) is 9.78. The molecule has 0 aliphatic carbocycles. The van der Waals surface area contributed by atoms with Gasteiger partial charge in [-0.05, 0) is 19.4 Å². The summed E-state index contributed by atoms with van der Waals surface area (Å²) in [5.74, 6) is 0.668. The topological polar surface area (TPSA) is 65.9 Å². The summed E-state index contributed by atoms with van der Waals surface area (Å²) in [4.78, 5) is 6.30. The third-order valence-corrected chi connectivity index (χ3v) is 3.45. The van der Waals surface area contributed by atoms with Gasteiger partial charge in [0.15, 0.2) is 0 Å². The van der Waals surface area contributed by atoms with Crippen LogP contribution in [0.15, 0.2) is 12.3 Å². The molecule has 0 saturated carbocycles. The molecule has 2 N–H and O–H groups in total. The first-order valence-corrected chi connectivity index (χ1v) is 5.59. The number of hydrogen-bond donors (Lipinski definition) is 1. The van der Waals surface area contributed by atoms with E-state index in [2.05, 4.69) is 22.9 Å². The maximum Gasteiger partial charge on any atom is 0.149 e. The van der Waals surface area contributed by atoms with Gasteiger partial charge in [-0.1, -0.05) is 11.6 Å². The molecule has 0 radical (unpaired) electrons. The fraction of sp³-hybridized carbons (Fsp3) is 0.455. The van der Waals surface area contributed by atoms with Crippen molar-refractivity contribution in [1.29, 1.82) is 5.26 Å². The maximum absolute atomic E-state index is 8.90. The van der Waals surface area contributed by atoms with Gasteiger partial charge in [0.1, 0.15) is 16.9 Å². The van der Waals surface area contributed by atoms with Crippen LogP contribution in [0.25, 0.3) is 0 Å². The van der Waals surface area contributed by atoms with Crippen molar-refractivity contribution in [2.75, 3.05) is 11.4 Å². The molecular weight excluding hydrogens is 224 g/mol. The second-order valence-electron chi connectivity index (χ2n) is 3.99. The van der Waals surface area contributed by atoms with E-state index in [0.29, 0.717) is 16.4 Å². The van der Waals surface area contributed by atoms with Crippen LogP contribution >= 0.6 is 11.6 Å². The van der Waals surface area contributed by atoms with E-state index in [1.807, 2.05) is 0 Å². The summed E-state index contributed by atoms with van der Waals surface area (Å²) < 4.78 is 0. The predicted molar refractivity (Wildman–Crippen MR) is 63.4 cm³/mol. The molecule has 1 aromatic rings. The number of nitriles is 1. The highest BCUT2D eigenvalue weighted by Crippen LogP contribution is 2.31. The molecule has 1 aliphatic heterocycles. The smallest absolute Gasteiger partial charge is 0.149 e. The number of anilines is 1. The molecule has 84 valence electrons. The van der Waals surface area contributed by atoms with Gasteiger partial charge in [0, 0.05) is 24.8 Å². The van der Waals surface area contributed by atoms with Crippen LogP contribution in [0.1, 0.15) is 18.9 Å². The van der Waals surface area contributed by atoms with Crippen molar-refractivity contribution >= 4 is 17.4 Å². The Labute approximate surface area is 99.6 Å². The van der Waals surface area contributed by atoms with Crippen molar-refractivity contribution in [2.45, 2.75) is 25.4 Å². The molecule has 1 aromatic heterocycles. The summed E-state index contributed by atoms with van der Waals surface area (Å²) in [5, 5.41) is 9.32. The quantitative estimate of drug-likeness (QED) is 0.803. The van der Waals surface area contributed by atoms with E-state index in [1.54, 1.807) is 12.3 Å². The molecule has 0 amide bonds. The van der Waals surface area contributed by atoms with Crippen molar-refractivity contribution in [2.24, 2.45) is 5.73 Å². The molecule has 4 nitrogen and oxygen atoms in total. The van der Waals surface area contributed by atoms with Gasteiger partial charge in [-0.3, -0.25) is 0 Å². The van der Waals surface area contributed by atoms with E-state index >= 15 is 0 Å². The standard InChI is InChI=1S/C11H13ClN4/c1-7-9(14)3-5-16(7)11-10(12)8(6-13)2-4-15-11/h2,4,7,9H,3,5,14H2,1H3. The van der Waals surface area contributed by atoms with Crippen molar-refractivity contribution in [3.8, 4) is 6.07 Å². The van der Waals surface area contributed by atoms with Gasteiger partial charge in [0.05, 0.1) is 5.56 Å². The van der Waals surface area contributed by atoms with Crippen molar-refractivity contribution in [1.82, 2.24) is 4.98 Å². The normalized spacial score (nSPS) is 24.5. The first-order chi connectivity index (χ1) is 7.65. The first-order valence-electron chi connectivity index (χ1n) is 5.22. The summed E-state index contributed by atoms with van der Waals surface area (Å²) in [5.41, 5.74) is 6.41. The van der Waals surface area contributed by atoms with Gasteiger partial charge in [-0.2, -0.15) is 5.26 Å². The average molecular weight is 237 g/mol. The summed E-state index contributed by atoms with van der Waals surface area (Å²) in [6.07, 6.45) is 2.53. The Bertz CT molecular complexity index is 440. The van der Waals surface area contributed by atoms with E-state index in [9.17, 15) is 0 Å². The zero-order valence-electron chi connectivity index (χ0n) is 9.02. The van der Waals surface area contributed by atoms with E-state index < -0.39 is 0 Å². The number of aromatic nitrogens is 1. The Morgan fingerprint density at radius 2 is 2.44 bits per heavy atom. The van der Waals surface area contributed by atoms with Crippen LogP contribution in [0.4, 0.5) is 5.82 Å². The van der Waals surface area contributed by atoms with Crippen LogP contribution in [-0.2, 0) is 0 Å². The zero-order chi connectivity index (χ0) is 11.7. The van der Waals surface area contributed by atoms with Crippen molar-refractivity contribution in [3.63, 3.8) is 0 Å². The van der Waals surface area contributed by atoms with Gasteiger partial charge in [-0.25, -0.2) is 4.98 Å². The summed E-state index contributed by atoms with van der Waals surface area (Å²) in [6, 6.07) is 4.02. The number of nitrogens with zero attached hydrogens (tertiary/aromatic N) is 3. The van der Waals surface area contributed by atoms with Gasteiger partial charge in [0.25, 0.3) is 0 Å². The lowest BCUT2D eigenvalue weighted by atomic mass is 10.1. The first kappa shape index (κ1) is 11.2. The minimum atomic E-state index is 0.142. The lowest BCUT2D eigenvalue weighted by molar-refractivity contribution is 0.621. The molecule has 1 fully saturated rings. The summed E-state index contributed by atoms with van der Waals surface area (Å²) in [7, 11) is 0. The predicted octanol–water partition coefficient (Wildman–Crippen LogP) is 1.53. The fourth-order valence-electron chi connectivity index (χ4n) is 1.98. The Morgan fingerprint density at radius 1 is 1.69 bits per heavy atom. The van der Waals surface area contributed by atoms with Crippen LogP contribution in [0, 0.1) is 11.3 Å². The highest BCUT2D eigenvalue weighted by atomic mass is 35.5. The second-order valence-corrected chi connectivity index (χ2v) is 4.37. The molecule has 0 aromatic carbocycles. The van der Waals surface area contributed by atoms with E-state index in [-0.39, 0.29) is 12.1 Å². The SMILES string of the molecule is CC1C(N)CCN1c1nccc(C#N)c1Cl. The molecule has 2 atom stereocenters. The number of halogens is 1. The van der Waals surface area contributed by atoms with Gasteiger partial charge in [0.2, 0.25) is 0 Å². The average Bonchev–Trinajstić information content (AvgIpc) is 2.61. The molecule has 0 bridgehead atoms. The minimum absolute atomic E-state index is 0.142. The Kier molecular flexibility index (Phi) is 2.99. The molecule has 2 rings (SSSR count). The Morgan fingerprint density at radius 3 is 3.00 bits per heavy atom. The molecule has 1 saturated heterocycles. The molecule has 2 unspecified atom stereocenters. The fourth-order valence-corrected chi connectivity index (χ4v) is 2.24. The van der Waals surface area contributed by atoms with Crippen LogP contribution in [0.3, 0.4) is 0 Å². The number of nitrogens with two attached hydrogens (primary N) is 1. The number of pyridine rings is 1. The van der Waals surface area contributed by atoms with Gasteiger partial charge < -0.3 is 10.6 Å². The summed E-state index contributed by atoms with van der Waals surface area (Å²) in [6.45, 7) is 2.89. The van der Waals surface area contributed by atoms with Crippen LogP contribution in [0.5, 0.6) is 0 Å². The maximum atomic E-state index is 8.90. The minimum Gasteiger partial charge on any atom is -0.351 e. The molecule has 1 aliphatic rings. The van der Waals surface area contributed by atoms with Gasteiger partial charge in [-0.15, -0.1) is 0 Å². The lowest BCUT2D eigenvalue weighted by Gasteiger charge is -2.25.